The van der Waals surface area contributed by atoms with Gasteiger partial charge in [-0.15, -0.1) is 0 Å². The van der Waals surface area contributed by atoms with Crippen LogP contribution in [0.15, 0.2) is 42.7 Å². The average molecular weight is 339 g/mol. The van der Waals surface area contributed by atoms with Gasteiger partial charge in [0.25, 0.3) is 0 Å². The molecular weight excluding hydrogens is 314 g/mol. The number of aromatic nitrogens is 2. The van der Waals surface area contributed by atoms with Crippen molar-refractivity contribution < 1.29 is 4.79 Å². The van der Waals surface area contributed by atoms with E-state index in [4.69, 9.17) is 0 Å². The summed E-state index contributed by atoms with van der Waals surface area (Å²) in [5.74, 6) is 0. The summed E-state index contributed by atoms with van der Waals surface area (Å²) in [5, 5.41) is 10.5. The molecule has 132 valence electrons. The average Bonchev–Trinajstić information content (AvgIpc) is 3.28. The summed E-state index contributed by atoms with van der Waals surface area (Å²) < 4.78 is 1.83. The fourth-order valence-electron chi connectivity index (χ4n) is 3.99. The maximum absolute atomic E-state index is 12.3. The van der Waals surface area contributed by atoms with Gasteiger partial charge in [0.1, 0.15) is 0 Å². The first-order valence-electron chi connectivity index (χ1n) is 9.17. The lowest BCUT2D eigenvalue weighted by molar-refractivity contribution is 0.179. The zero-order valence-corrected chi connectivity index (χ0v) is 14.4. The van der Waals surface area contributed by atoms with Crippen molar-refractivity contribution in [2.45, 2.75) is 44.3 Å². The Hall–Kier alpha value is -2.34. The van der Waals surface area contributed by atoms with Crippen molar-refractivity contribution in [3.63, 3.8) is 0 Å². The van der Waals surface area contributed by atoms with E-state index < -0.39 is 0 Å². The number of carbonyl (C=O) groups is 1. The lowest BCUT2D eigenvalue weighted by atomic mass is 9.99. The van der Waals surface area contributed by atoms with E-state index in [0.717, 1.165) is 24.2 Å². The fraction of sp³-hybridized carbons (Fsp3) is 0.474. The van der Waals surface area contributed by atoms with Crippen LogP contribution in [-0.4, -0.2) is 45.9 Å². The Morgan fingerprint density at radius 3 is 2.92 bits per heavy atom. The molecule has 0 radical (unpaired) electrons. The number of carbonyl (C=O) groups excluding carboxylic acids is 1. The molecule has 1 aromatic carbocycles. The second kappa shape index (κ2) is 7.27. The number of para-hydroxylation sites is 1. The number of fused-ring (bicyclic) bond motifs is 1. The Morgan fingerprint density at radius 1 is 1.16 bits per heavy atom. The molecule has 2 N–H and O–H groups in total. The highest BCUT2D eigenvalue weighted by molar-refractivity contribution is 5.74. The lowest BCUT2D eigenvalue weighted by Crippen LogP contribution is -2.49. The number of hydrogen-bond acceptors (Lipinski definition) is 3. The molecule has 2 aliphatic rings. The van der Waals surface area contributed by atoms with Gasteiger partial charge in [0, 0.05) is 36.9 Å². The van der Waals surface area contributed by atoms with Gasteiger partial charge in [-0.1, -0.05) is 24.6 Å². The van der Waals surface area contributed by atoms with Gasteiger partial charge in [-0.25, -0.2) is 9.48 Å². The van der Waals surface area contributed by atoms with E-state index >= 15 is 0 Å². The van der Waals surface area contributed by atoms with Crippen molar-refractivity contribution in [2.75, 3.05) is 13.1 Å². The summed E-state index contributed by atoms with van der Waals surface area (Å²) in [7, 11) is 0. The van der Waals surface area contributed by atoms with Crippen LogP contribution < -0.4 is 10.6 Å². The van der Waals surface area contributed by atoms with Crippen LogP contribution in [0.2, 0.25) is 0 Å². The van der Waals surface area contributed by atoms with Crippen molar-refractivity contribution in [1.29, 1.82) is 0 Å². The fourth-order valence-corrected chi connectivity index (χ4v) is 3.99. The van der Waals surface area contributed by atoms with E-state index in [1.165, 1.54) is 25.8 Å². The maximum Gasteiger partial charge on any atom is 0.315 e. The SMILES string of the molecule is O=C(NCc1cnn(-c2ccccc2)c1)N[C@H]1CCN2CCCC[C@@H]12. The number of hydrogen-bond donors (Lipinski definition) is 2. The van der Waals surface area contributed by atoms with E-state index in [9.17, 15) is 4.79 Å². The van der Waals surface area contributed by atoms with E-state index in [1.807, 2.05) is 41.2 Å². The molecule has 0 aliphatic carbocycles. The first-order valence-corrected chi connectivity index (χ1v) is 9.17. The molecule has 2 atom stereocenters. The summed E-state index contributed by atoms with van der Waals surface area (Å²) in [5.41, 5.74) is 2.01. The summed E-state index contributed by atoms with van der Waals surface area (Å²) >= 11 is 0. The van der Waals surface area contributed by atoms with E-state index in [0.29, 0.717) is 12.6 Å². The zero-order valence-electron chi connectivity index (χ0n) is 14.4. The Bertz CT molecular complexity index is 714. The van der Waals surface area contributed by atoms with Gasteiger partial charge in [0.2, 0.25) is 0 Å². The topological polar surface area (TPSA) is 62.2 Å². The highest BCUT2D eigenvalue weighted by Crippen LogP contribution is 2.27. The van der Waals surface area contributed by atoms with Gasteiger partial charge in [0.05, 0.1) is 11.9 Å². The third-order valence-corrected chi connectivity index (χ3v) is 5.28. The number of benzene rings is 1. The second-order valence-corrected chi connectivity index (χ2v) is 6.95. The van der Waals surface area contributed by atoms with Crippen LogP contribution in [0.25, 0.3) is 5.69 Å². The number of nitrogens with one attached hydrogen (secondary N) is 2. The number of piperidine rings is 1. The molecule has 2 aliphatic heterocycles. The molecular formula is C19H25N5O. The van der Waals surface area contributed by atoms with Gasteiger partial charge in [-0.2, -0.15) is 5.10 Å². The lowest BCUT2D eigenvalue weighted by Gasteiger charge is -2.32. The zero-order chi connectivity index (χ0) is 17.1. The van der Waals surface area contributed by atoms with Crippen molar-refractivity contribution in [3.05, 3.63) is 48.3 Å². The molecule has 4 rings (SSSR count). The third kappa shape index (κ3) is 3.69. The molecule has 0 bridgehead atoms. The van der Waals surface area contributed by atoms with Crippen LogP contribution in [0.5, 0.6) is 0 Å². The van der Waals surface area contributed by atoms with E-state index in [2.05, 4.69) is 20.6 Å². The van der Waals surface area contributed by atoms with Gasteiger partial charge < -0.3 is 10.6 Å². The van der Waals surface area contributed by atoms with Crippen LogP contribution in [0.3, 0.4) is 0 Å². The van der Waals surface area contributed by atoms with Gasteiger partial charge in [-0.05, 0) is 37.9 Å². The maximum atomic E-state index is 12.3. The molecule has 2 aromatic rings. The van der Waals surface area contributed by atoms with Crippen LogP contribution in [0.1, 0.15) is 31.2 Å². The van der Waals surface area contributed by atoms with Crippen LogP contribution in [0, 0.1) is 0 Å². The minimum atomic E-state index is -0.0788. The largest absolute Gasteiger partial charge is 0.334 e. The summed E-state index contributed by atoms with van der Waals surface area (Å²) in [4.78, 5) is 14.8. The summed E-state index contributed by atoms with van der Waals surface area (Å²) in [6.07, 6.45) is 8.58. The summed E-state index contributed by atoms with van der Waals surface area (Å²) in [6, 6.07) is 10.7. The number of nitrogens with zero attached hydrogens (tertiary/aromatic N) is 3. The predicted octanol–water partition coefficient (Wildman–Crippen LogP) is 2.30. The Morgan fingerprint density at radius 2 is 2.04 bits per heavy atom. The quantitative estimate of drug-likeness (QED) is 0.898. The molecule has 1 aromatic heterocycles. The molecule has 0 spiro atoms. The normalized spacial score (nSPS) is 23.2. The van der Waals surface area contributed by atoms with E-state index in [-0.39, 0.29) is 12.1 Å². The highest BCUT2D eigenvalue weighted by Gasteiger charge is 2.36. The molecule has 0 saturated carbocycles. The summed E-state index contributed by atoms with van der Waals surface area (Å²) in [6.45, 7) is 2.78. The number of rotatable bonds is 4. The van der Waals surface area contributed by atoms with Gasteiger partial charge in [0.15, 0.2) is 0 Å². The van der Waals surface area contributed by atoms with Gasteiger partial charge in [-0.3, -0.25) is 4.90 Å². The minimum Gasteiger partial charge on any atom is -0.334 e. The van der Waals surface area contributed by atoms with Gasteiger partial charge >= 0.3 is 6.03 Å². The molecule has 0 unspecified atom stereocenters. The highest BCUT2D eigenvalue weighted by atomic mass is 16.2. The Labute approximate surface area is 148 Å². The smallest absolute Gasteiger partial charge is 0.315 e. The van der Waals surface area contributed by atoms with E-state index in [1.54, 1.807) is 6.20 Å². The second-order valence-electron chi connectivity index (χ2n) is 6.95. The van der Waals surface area contributed by atoms with Crippen molar-refractivity contribution in [1.82, 2.24) is 25.3 Å². The number of amides is 2. The van der Waals surface area contributed by atoms with Crippen LogP contribution >= 0.6 is 0 Å². The molecule has 2 fully saturated rings. The predicted molar refractivity (Wildman–Crippen MR) is 96.6 cm³/mol. The molecule has 2 amide bonds. The number of urea groups is 1. The first-order chi connectivity index (χ1) is 12.3. The van der Waals surface area contributed by atoms with Crippen molar-refractivity contribution in [3.8, 4) is 5.69 Å². The molecule has 6 heteroatoms. The van der Waals surface area contributed by atoms with Crippen molar-refractivity contribution in [2.24, 2.45) is 0 Å². The Kier molecular flexibility index (Phi) is 4.70. The molecule has 3 heterocycles. The molecule has 25 heavy (non-hydrogen) atoms. The minimum absolute atomic E-state index is 0.0788. The molecule has 6 nitrogen and oxygen atoms in total. The standard InChI is InChI=1S/C19H25N5O/c25-19(22-17-9-11-23-10-5-4-8-18(17)23)20-12-15-13-21-24(14-15)16-6-2-1-3-7-16/h1-3,6-7,13-14,17-18H,4-5,8-12H2,(H2,20,22,25)/t17-,18-/m0/s1. The third-order valence-electron chi connectivity index (χ3n) is 5.28. The molecule has 2 saturated heterocycles. The van der Waals surface area contributed by atoms with Crippen molar-refractivity contribution >= 4 is 6.03 Å². The van der Waals surface area contributed by atoms with Crippen LogP contribution in [0.4, 0.5) is 4.79 Å². The first kappa shape index (κ1) is 16.1. The van der Waals surface area contributed by atoms with Crippen LogP contribution in [-0.2, 0) is 6.54 Å². The monoisotopic (exact) mass is 339 g/mol. The Balaban J connectivity index is 1.28.